The molecule has 1 heteroatoms. The summed E-state index contributed by atoms with van der Waals surface area (Å²) in [7, 11) is 2.28. The third-order valence-electron chi connectivity index (χ3n) is 12.6. The van der Waals surface area contributed by atoms with Gasteiger partial charge in [0, 0.05) is 30.1 Å². The largest absolute Gasteiger partial charge is 0.347 e. The summed E-state index contributed by atoms with van der Waals surface area (Å²) in [4.78, 5) is 0. The van der Waals surface area contributed by atoms with E-state index in [0.717, 1.165) is 24.8 Å². The molecule has 7 aromatic rings. The molecule has 1 nitrogen and oxygen atoms in total. The van der Waals surface area contributed by atoms with Crippen LogP contribution in [-0.4, -0.2) is 4.57 Å². The van der Waals surface area contributed by atoms with E-state index < -0.39 is 0 Å². The minimum atomic E-state index is -0.116. The zero-order valence-electron chi connectivity index (χ0n) is 35.1. The van der Waals surface area contributed by atoms with Crippen LogP contribution in [0.15, 0.2) is 152 Å². The summed E-state index contributed by atoms with van der Waals surface area (Å²) in [5.41, 5.74) is 18.2. The third kappa shape index (κ3) is 6.25. The van der Waals surface area contributed by atoms with Crippen molar-refractivity contribution >= 4 is 43.5 Å². The quantitative estimate of drug-likeness (QED) is 0.118. The van der Waals surface area contributed by atoms with Crippen molar-refractivity contribution in [3.8, 4) is 22.4 Å². The molecule has 0 aliphatic heterocycles. The predicted octanol–water partition coefficient (Wildman–Crippen LogP) is 15.5. The van der Waals surface area contributed by atoms with Crippen molar-refractivity contribution in [1.29, 1.82) is 0 Å². The van der Waals surface area contributed by atoms with Crippen LogP contribution in [0.25, 0.3) is 65.8 Å². The Hall–Kier alpha value is -5.92. The van der Waals surface area contributed by atoms with Gasteiger partial charge in [0.25, 0.3) is 0 Å². The van der Waals surface area contributed by atoms with Crippen LogP contribution >= 0.6 is 0 Å². The van der Waals surface area contributed by atoms with Crippen LogP contribution in [0.4, 0.5) is 0 Å². The minimum Gasteiger partial charge on any atom is -0.347 e. The van der Waals surface area contributed by atoms with Crippen molar-refractivity contribution in [3.05, 3.63) is 191 Å². The summed E-state index contributed by atoms with van der Waals surface area (Å²) in [6.45, 7) is 20.3. The van der Waals surface area contributed by atoms with Crippen molar-refractivity contribution in [2.24, 2.45) is 7.05 Å². The Morgan fingerprint density at radius 1 is 0.772 bits per heavy atom. The summed E-state index contributed by atoms with van der Waals surface area (Å²) in [6, 6.07) is 38.9. The fourth-order valence-corrected chi connectivity index (χ4v) is 9.60. The summed E-state index contributed by atoms with van der Waals surface area (Å²) in [5, 5.41) is 7.84. The summed E-state index contributed by atoms with van der Waals surface area (Å²) < 4.78 is 2.50. The van der Waals surface area contributed by atoms with Gasteiger partial charge in [0.2, 0.25) is 0 Å². The van der Waals surface area contributed by atoms with Crippen LogP contribution in [0.2, 0.25) is 0 Å². The van der Waals surface area contributed by atoms with Gasteiger partial charge >= 0.3 is 0 Å². The molecule has 284 valence electrons. The smallest absolute Gasteiger partial charge is 0.0562 e. The molecule has 6 aromatic carbocycles. The van der Waals surface area contributed by atoms with Crippen molar-refractivity contribution in [2.75, 3.05) is 0 Å². The second kappa shape index (κ2) is 15.2. The maximum Gasteiger partial charge on any atom is 0.0562 e. The van der Waals surface area contributed by atoms with Crippen molar-refractivity contribution in [1.82, 2.24) is 4.57 Å². The molecule has 0 saturated carbocycles. The monoisotopic (exact) mass is 741 g/mol. The number of fused-ring (bicyclic) bond motifs is 6. The highest BCUT2D eigenvalue weighted by molar-refractivity contribution is 6.09. The van der Waals surface area contributed by atoms with E-state index in [1.54, 1.807) is 0 Å². The lowest BCUT2D eigenvalue weighted by molar-refractivity contribution is 0.645. The van der Waals surface area contributed by atoms with E-state index in [1.165, 1.54) is 105 Å². The van der Waals surface area contributed by atoms with E-state index in [0.29, 0.717) is 0 Å². The molecule has 0 radical (unpaired) electrons. The minimum absolute atomic E-state index is 0.116. The standard InChI is InChI=1S/C54H49N.C2H6/c1-8-9-18-34(2)36(4)44-32-47-41-22-15-16-25-48(41)54(5,6)49-26-17-24-42(52(47)49)46(44)33-50-43-23-12-10-11-19-35(3)51(43)53(55(50)7)39-30-29-38-28-27-37-20-13-14-21-40(37)45(38)31-39;1-2/h9-22,24-32H,3,8,23,33H2,1-2,4-7H3;1-2H3/b12-10-,18-9-,19-11-,36-34+;. The average molecular weight is 742 g/mol. The first-order valence-electron chi connectivity index (χ1n) is 20.9. The molecule has 0 N–H and O–H groups in total. The van der Waals surface area contributed by atoms with Crippen molar-refractivity contribution < 1.29 is 0 Å². The molecule has 2 aliphatic carbocycles. The number of aromatic nitrogens is 1. The molecule has 0 spiro atoms. The van der Waals surface area contributed by atoms with Gasteiger partial charge in [0.1, 0.15) is 0 Å². The first-order chi connectivity index (χ1) is 27.7. The highest BCUT2D eigenvalue weighted by Crippen LogP contribution is 2.51. The van der Waals surface area contributed by atoms with E-state index in [4.69, 9.17) is 6.58 Å². The molecule has 0 bridgehead atoms. The lowest BCUT2D eigenvalue weighted by Gasteiger charge is -2.36. The number of allylic oxidation sites excluding steroid dienone is 9. The van der Waals surface area contributed by atoms with Crippen molar-refractivity contribution in [3.63, 3.8) is 0 Å². The molecule has 1 aromatic heterocycles. The van der Waals surface area contributed by atoms with Crippen LogP contribution in [0.5, 0.6) is 0 Å². The number of hydrogen-bond acceptors (Lipinski definition) is 0. The molecule has 2 aliphatic rings. The Bertz CT molecular complexity index is 2860. The number of rotatable bonds is 6. The van der Waals surface area contributed by atoms with E-state index in [1.807, 2.05) is 13.8 Å². The molecule has 1 heterocycles. The van der Waals surface area contributed by atoms with Gasteiger partial charge in [-0.3, -0.25) is 0 Å². The molecule has 57 heavy (non-hydrogen) atoms. The zero-order chi connectivity index (χ0) is 40.0. The molecule has 0 unspecified atom stereocenters. The van der Waals surface area contributed by atoms with Crippen LogP contribution in [0.3, 0.4) is 0 Å². The second-order valence-corrected chi connectivity index (χ2v) is 16.1. The number of benzene rings is 6. The van der Waals surface area contributed by atoms with Crippen molar-refractivity contribution in [2.45, 2.75) is 73.1 Å². The third-order valence-corrected chi connectivity index (χ3v) is 12.6. The first-order valence-corrected chi connectivity index (χ1v) is 20.9. The van der Waals surface area contributed by atoms with Gasteiger partial charge in [-0.2, -0.15) is 0 Å². The van der Waals surface area contributed by atoms with Gasteiger partial charge < -0.3 is 4.57 Å². The van der Waals surface area contributed by atoms with E-state index >= 15 is 0 Å². The molecule has 9 rings (SSSR count). The van der Waals surface area contributed by atoms with Crippen LogP contribution in [0, 0.1) is 0 Å². The topological polar surface area (TPSA) is 4.93 Å². The predicted molar refractivity (Wildman–Crippen MR) is 250 cm³/mol. The van der Waals surface area contributed by atoms with Gasteiger partial charge in [-0.1, -0.05) is 169 Å². The van der Waals surface area contributed by atoms with E-state index in [9.17, 15) is 0 Å². The Kier molecular flexibility index (Phi) is 10.1. The average Bonchev–Trinajstić information content (AvgIpc) is 3.50. The molecule has 0 fully saturated rings. The molecule has 0 atom stereocenters. The van der Waals surface area contributed by atoms with Gasteiger partial charge in [-0.25, -0.2) is 0 Å². The highest BCUT2D eigenvalue weighted by atomic mass is 15.0. The summed E-state index contributed by atoms with van der Waals surface area (Å²) in [5.74, 6) is 0. The fraction of sp³-hybridized carbons (Fsp3) is 0.214. The summed E-state index contributed by atoms with van der Waals surface area (Å²) >= 11 is 0. The molecular formula is C56H55N. The Morgan fingerprint density at radius 2 is 1.47 bits per heavy atom. The molecule has 0 amide bonds. The van der Waals surface area contributed by atoms with Gasteiger partial charge in [-0.15, -0.1) is 0 Å². The van der Waals surface area contributed by atoms with Crippen LogP contribution in [0.1, 0.15) is 94.0 Å². The van der Waals surface area contributed by atoms with Gasteiger partial charge in [0.05, 0.1) is 5.69 Å². The number of hydrogen-bond donors (Lipinski definition) is 0. The maximum absolute atomic E-state index is 4.69. The first kappa shape index (κ1) is 38.0. The van der Waals surface area contributed by atoms with E-state index in [2.05, 4.69) is 186 Å². The van der Waals surface area contributed by atoms with Crippen LogP contribution in [-0.2, 0) is 25.3 Å². The zero-order valence-corrected chi connectivity index (χ0v) is 35.1. The Labute approximate surface area is 340 Å². The fourth-order valence-electron chi connectivity index (χ4n) is 9.60. The number of nitrogens with zero attached hydrogens (tertiary/aromatic N) is 1. The lowest BCUT2D eigenvalue weighted by Crippen LogP contribution is -2.24. The SMILES string of the molecule is C=C1/C=C\C=C/Cc2c1c(-c1ccc3ccc4ccccc4c3c1)n(C)c2Cc1c(/C(C)=C(C)/C=C\CC)cc2c3c(cccc13)C(C)(C)c1ccccc1-2.CC. The summed E-state index contributed by atoms with van der Waals surface area (Å²) in [6.07, 6.45) is 16.1. The van der Waals surface area contributed by atoms with Crippen LogP contribution < -0.4 is 0 Å². The Balaban J connectivity index is 0.00000224. The van der Waals surface area contributed by atoms with Gasteiger partial charge in [-0.05, 0) is 132 Å². The lowest BCUT2D eigenvalue weighted by atomic mass is 9.67. The second-order valence-electron chi connectivity index (χ2n) is 16.1. The normalized spacial score (nSPS) is 15.8. The van der Waals surface area contributed by atoms with Gasteiger partial charge in [0.15, 0.2) is 0 Å². The molecule has 0 saturated heterocycles. The van der Waals surface area contributed by atoms with E-state index in [-0.39, 0.29) is 5.41 Å². The maximum atomic E-state index is 4.69. The molecular weight excluding hydrogens is 687 g/mol. The highest BCUT2D eigenvalue weighted by Gasteiger charge is 2.35. The Morgan fingerprint density at radius 3 is 2.28 bits per heavy atom.